The van der Waals surface area contributed by atoms with E-state index in [1.54, 1.807) is 0 Å². The van der Waals surface area contributed by atoms with Crippen molar-refractivity contribution in [3.63, 3.8) is 0 Å². The largest absolute Gasteiger partial charge is 0.293 e. The molecule has 2 rings (SSSR count). The molecule has 0 saturated carbocycles. The Morgan fingerprint density at radius 3 is 2.47 bits per heavy atom. The van der Waals surface area contributed by atoms with Crippen LogP contribution in [-0.2, 0) is 0 Å². The van der Waals surface area contributed by atoms with Gasteiger partial charge in [-0.2, -0.15) is 5.26 Å². The maximum Gasteiger partial charge on any atom is 0.293 e. The number of nitrogens with one attached hydrogen (secondary N) is 1. The first kappa shape index (κ1) is 12.2. The summed E-state index contributed by atoms with van der Waals surface area (Å²) in [5.41, 5.74) is 2.50. The number of rotatable bonds is 1. The van der Waals surface area contributed by atoms with Crippen LogP contribution < -0.4 is 9.88 Å². The third-order valence-electron chi connectivity index (χ3n) is 3.36. The van der Waals surface area contributed by atoms with Crippen LogP contribution in [0.25, 0.3) is 0 Å². The molecule has 4 heteroatoms. The Hall–Kier alpha value is -1.27. The predicted octanol–water partition coefficient (Wildman–Crippen LogP) is 2.63. The number of anilines is 1. The quantitative estimate of drug-likeness (QED) is 0.769. The number of nitriles is 1. The fraction of sp³-hybridized carbons (Fsp3) is 0.538. The Bertz CT molecular complexity index is 471. The van der Waals surface area contributed by atoms with Gasteiger partial charge in [-0.25, -0.2) is 4.98 Å². The van der Waals surface area contributed by atoms with Crippen molar-refractivity contribution in [3.05, 3.63) is 21.8 Å². The van der Waals surface area contributed by atoms with Gasteiger partial charge in [0.25, 0.3) is 5.82 Å². The van der Waals surface area contributed by atoms with Gasteiger partial charge in [-0.15, -0.1) is 0 Å². The van der Waals surface area contributed by atoms with Crippen LogP contribution in [0.5, 0.6) is 0 Å². The van der Waals surface area contributed by atoms with E-state index in [1.807, 2.05) is 13.8 Å². The highest BCUT2D eigenvalue weighted by atomic mass is 35.5. The zero-order valence-corrected chi connectivity index (χ0v) is 11.1. The summed E-state index contributed by atoms with van der Waals surface area (Å²) >= 11 is 6.17. The molecule has 2 heterocycles. The molecule has 0 unspecified atom stereocenters. The molecular formula is C13H17ClN3+. The molecule has 0 aliphatic carbocycles. The van der Waals surface area contributed by atoms with E-state index in [9.17, 15) is 5.26 Å². The van der Waals surface area contributed by atoms with E-state index < -0.39 is 0 Å². The lowest BCUT2D eigenvalue weighted by Crippen LogP contribution is -2.36. The third kappa shape index (κ3) is 2.23. The maximum absolute atomic E-state index is 9.29. The lowest BCUT2D eigenvalue weighted by atomic mass is 10.1. The minimum atomic E-state index is 0.669. The summed E-state index contributed by atoms with van der Waals surface area (Å²) in [5.74, 6) is 0.937. The SMILES string of the molecule is Cc1[nH+]c(N2CCCCC2)c(C#N)c(C)c1Cl. The molecule has 3 nitrogen and oxygen atoms in total. The minimum absolute atomic E-state index is 0.669. The highest BCUT2D eigenvalue weighted by Crippen LogP contribution is 2.27. The molecule has 0 aromatic carbocycles. The lowest BCUT2D eigenvalue weighted by molar-refractivity contribution is -0.374. The number of piperidine rings is 1. The van der Waals surface area contributed by atoms with Crippen molar-refractivity contribution >= 4 is 17.4 Å². The third-order valence-corrected chi connectivity index (χ3v) is 3.93. The van der Waals surface area contributed by atoms with Crippen LogP contribution in [0.15, 0.2) is 0 Å². The summed E-state index contributed by atoms with van der Waals surface area (Å²) in [7, 11) is 0. The summed E-state index contributed by atoms with van der Waals surface area (Å²) < 4.78 is 0. The number of pyridine rings is 1. The van der Waals surface area contributed by atoms with Gasteiger partial charge >= 0.3 is 0 Å². The van der Waals surface area contributed by atoms with Crippen LogP contribution in [0, 0.1) is 25.2 Å². The molecule has 1 aromatic heterocycles. The number of aryl methyl sites for hydroxylation is 1. The van der Waals surface area contributed by atoms with E-state index in [0.29, 0.717) is 10.6 Å². The second kappa shape index (κ2) is 4.93. The number of H-pyrrole nitrogens is 1. The van der Waals surface area contributed by atoms with Gasteiger partial charge in [-0.05, 0) is 38.7 Å². The van der Waals surface area contributed by atoms with Gasteiger partial charge in [0.2, 0.25) is 0 Å². The van der Waals surface area contributed by atoms with Gasteiger partial charge in [-0.3, -0.25) is 4.90 Å². The van der Waals surface area contributed by atoms with Crippen LogP contribution in [0.3, 0.4) is 0 Å². The average Bonchev–Trinajstić information content (AvgIpc) is 2.36. The molecular weight excluding hydrogens is 234 g/mol. The van der Waals surface area contributed by atoms with E-state index in [2.05, 4.69) is 16.0 Å². The number of hydrogen-bond donors (Lipinski definition) is 0. The number of nitrogens with zero attached hydrogens (tertiary/aromatic N) is 2. The zero-order chi connectivity index (χ0) is 12.4. The molecule has 90 valence electrons. The number of hydrogen-bond acceptors (Lipinski definition) is 2. The Morgan fingerprint density at radius 2 is 1.88 bits per heavy atom. The van der Waals surface area contributed by atoms with Crippen molar-refractivity contribution in [3.8, 4) is 6.07 Å². The van der Waals surface area contributed by atoms with Gasteiger partial charge in [-0.1, -0.05) is 11.6 Å². The van der Waals surface area contributed by atoms with E-state index in [1.165, 1.54) is 19.3 Å². The number of halogens is 1. The summed E-state index contributed by atoms with van der Waals surface area (Å²) in [4.78, 5) is 5.54. The van der Waals surface area contributed by atoms with Crippen LogP contribution in [0.2, 0.25) is 5.02 Å². The van der Waals surface area contributed by atoms with Gasteiger partial charge in [0.15, 0.2) is 0 Å². The Morgan fingerprint density at radius 1 is 1.24 bits per heavy atom. The van der Waals surface area contributed by atoms with Gasteiger partial charge < -0.3 is 0 Å². The van der Waals surface area contributed by atoms with E-state index in [0.717, 1.165) is 30.2 Å². The molecule has 1 aliphatic rings. The second-order valence-corrected chi connectivity index (χ2v) is 4.95. The highest BCUT2D eigenvalue weighted by Gasteiger charge is 2.26. The fourth-order valence-electron chi connectivity index (χ4n) is 2.36. The molecule has 1 aromatic rings. The van der Waals surface area contributed by atoms with Crippen molar-refractivity contribution in [1.29, 1.82) is 5.26 Å². The number of aromatic nitrogens is 1. The van der Waals surface area contributed by atoms with Gasteiger partial charge in [0.05, 0.1) is 18.1 Å². The van der Waals surface area contributed by atoms with Crippen molar-refractivity contribution in [1.82, 2.24) is 0 Å². The first-order valence-electron chi connectivity index (χ1n) is 6.02. The van der Waals surface area contributed by atoms with E-state index in [-0.39, 0.29) is 0 Å². The normalized spacial score (nSPS) is 15.8. The topological polar surface area (TPSA) is 41.2 Å². The average molecular weight is 251 g/mol. The molecule has 1 aliphatic heterocycles. The van der Waals surface area contributed by atoms with Crippen molar-refractivity contribution < 1.29 is 4.98 Å². The lowest BCUT2D eigenvalue weighted by Gasteiger charge is -2.22. The molecule has 0 spiro atoms. The smallest absolute Gasteiger partial charge is 0.261 e. The fourth-order valence-corrected chi connectivity index (χ4v) is 2.50. The minimum Gasteiger partial charge on any atom is -0.261 e. The highest BCUT2D eigenvalue weighted by molar-refractivity contribution is 6.32. The van der Waals surface area contributed by atoms with Gasteiger partial charge in [0.1, 0.15) is 17.3 Å². The van der Waals surface area contributed by atoms with Gasteiger partial charge in [0, 0.05) is 0 Å². The maximum atomic E-state index is 9.29. The monoisotopic (exact) mass is 250 g/mol. The summed E-state index contributed by atoms with van der Waals surface area (Å²) in [6.45, 7) is 5.90. The summed E-state index contributed by atoms with van der Waals surface area (Å²) in [5, 5.41) is 9.96. The summed E-state index contributed by atoms with van der Waals surface area (Å²) in [6, 6.07) is 2.27. The molecule has 1 N–H and O–H groups in total. The Labute approximate surface area is 107 Å². The van der Waals surface area contributed by atoms with Crippen LogP contribution >= 0.6 is 11.6 Å². The molecule has 0 bridgehead atoms. The van der Waals surface area contributed by atoms with Crippen LogP contribution in [0.1, 0.15) is 36.1 Å². The standard InChI is InChI=1S/C13H16ClN3/c1-9-11(8-15)13(16-10(2)12(9)14)17-6-4-3-5-7-17/h3-7H2,1-2H3/p+1. The molecule has 1 saturated heterocycles. The Balaban J connectivity index is 2.49. The van der Waals surface area contributed by atoms with E-state index >= 15 is 0 Å². The van der Waals surface area contributed by atoms with Crippen molar-refractivity contribution in [2.75, 3.05) is 18.0 Å². The molecule has 0 atom stereocenters. The molecule has 0 amide bonds. The van der Waals surface area contributed by atoms with E-state index in [4.69, 9.17) is 11.6 Å². The molecule has 1 fully saturated rings. The van der Waals surface area contributed by atoms with Crippen molar-refractivity contribution in [2.24, 2.45) is 0 Å². The Kier molecular flexibility index (Phi) is 3.54. The summed E-state index contributed by atoms with van der Waals surface area (Å²) in [6.07, 6.45) is 3.67. The van der Waals surface area contributed by atoms with Crippen molar-refractivity contribution in [2.45, 2.75) is 33.1 Å². The number of aromatic amines is 1. The van der Waals surface area contributed by atoms with Crippen LogP contribution in [0.4, 0.5) is 5.82 Å². The second-order valence-electron chi connectivity index (χ2n) is 4.57. The first-order chi connectivity index (χ1) is 8.15. The van der Waals surface area contributed by atoms with Crippen LogP contribution in [-0.4, -0.2) is 13.1 Å². The predicted molar refractivity (Wildman–Crippen MR) is 68.3 cm³/mol. The zero-order valence-electron chi connectivity index (χ0n) is 10.3. The molecule has 17 heavy (non-hydrogen) atoms. The first-order valence-corrected chi connectivity index (χ1v) is 6.40. The molecule has 0 radical (unpaired) electrons.